The van der Waals surface area contributed by atoms with E-state index in [1.165, 1.54) is 10.5 Å². The molecule has 162 valence electrons. The molecule has 2 aromatic carbocycles. The zero-order valence-electron chi connectivity index (χ0n) is 18.1. The van der Waals surface area contributed by atoms with E-state index in [1.807, 2.05) is 68.4 Å². The van der Waals surface area contributed by atoms with Crippen molar-refractivity contribution < 1.29 is 9.53 Å². The smallest absolute Gasteiger partial charge is 0.258 e. The molecule has 1 N–H and O–H groups in total. The average Bonchev–Trinajstić information content (AvgIpc) is 2.79. The molecule has 1 amide bonds. The fraction of sp³-hybridized carbons (Fsp3) is 0.192. The number of aryl methyl sites for hydroxylation is 1. The van der Waals surface area contributed by atoms with Crippen LogP contribution < -0.4 is 15.6 Å². The number of carbonyl (C=O) groups excluding carboxylic acids is 1. The number of hydrogen-bond donors (Lipinski definition) is 1. The molecule has 0 fully saturated rings. The summed E-state index contributed by atoms with van der Waals surface area (Å²) in [6.45, 7) is 4.06. The number of nitrogens with one attached hydrogen (secondary N) is 1. The molecule has 4 aromatic rings. The van der Waals surface area contributed by atoms with Gasteiger partial charge in [-0.2, -0.15) is 0 Å². The van der Waals surface area contributed by atoms with Crippen LogP contribution in [0.4, 0.5) is 5.69 Å². The summed E-state index contributed by atoms with van der Waals surface area (Å²) >= 11 is 0. The zero-order valence-corrected chi connectivity index (χ0v) is 18.1. The molecule has 32 heavy (non-hydrogen) atoms. The largest absolute Gasteiger partial charge is 0.485 e. The first kappa shape index (κ1) is 21.3. The van der Waals surface area contributed by atoms with Gasteiger partial charge in [0.1, 0.15) is 18.0 Å². The molecule has 0 aliphatic heterocycles. The van der Waals surface area contributed by atoms with Crippen molar-refractivity contribution in [1.82, 2.24) is 9.38 Å². The Balaban J connectivity index is 1.52. The third-order valence-electron chi connectivity index (χ3n) is 5.32. The van der Waals surface area contributed by atoms with Crippen LogP contribution in [0.2, 0.25) is 0 Å². The number of amides is 1. The van der Waals surface area contributed by atoms with Gasteiger partial charge in [-0.15, -0.1) is 0 Å². The first-order valence-corrected chi connectivity index (χ1v) is 10.6. The Hall–Kier alpha value is -3.93. The molecule has 0 saturated heterocycles. The van der Waals surface area contributed by atoms with E-state index in [-0.39, 0.29) is 24.0 Å². The Labute approximate surface area is 186 Å². The molecule has 2 aromatic heterocycles. The van der Waals surface area contributed by atoms with Gasteiger partial charge in [-0.1, -0.05) is 49.4 Å². The Kier molecular flexibility index (Phi) is 6.31. The SMILES string of the molecule is CC[C@@H](C(=O)Nc1ccccc1OCc1cc(=O)n2ccc(C)cc2n1)c1ccccc1. The van der Waals surface area contributed by atoms with Gasteiger partial charge < -0.3 is 10.1 Å². The highest BCUT2D eigenvalue weighted by Gasteiger charge is 2.19. The highest BCUT2D eigenvalue weighted by molar-refractivity contribution is 5.97. The molecule has 0 aliphatic rings. The molecule has 0 saturated carbocycles. The van der Waals surface area contributed by atoms with E-state index in [1.54, 1.807) is 18.3 Å². The Morgan fingerprint density at radius 3 is 2.59 bits per heavy atom. The number of pyridine rings is 1. The van der Waals surface area contributed by atoms with Crippen LogP contribution in [0.15, 0.2) is 83.8 Å². The lowest BCUT2D eigenvalue weighted by molar-refractivity contribution is -0.117. The second kappa shape index (κ2) is 9.47. The number of aromatic nitrogens is 2. The van der Waals surface area contributed by atoms with Gasteiger partial charge in [0.2, 0.25) is 5.91 Å². The van der Waals surface area contributed by atoms with Crippen LogP contribution in [-0.4, -0.2) is 15.3 Å². The second-order valence-electron chi connectivity index (χ2n) is 7.66. The first-order valence-electron chi connectivity index (χ1n) is 10.6. The second-order valence-corrected chi connectivity index (χ2v) is 7.66. The minimum atomic E-state index is -0.255. The zero-order chi connectivity index (χ0) is 22.5. The van der Waals surface area contributed by atoms with Crippen LogP contribution in [-0.2, 0) is 11.4 Å². The molecule has 6 nitrogen and oxygen atoms in total. The Bertz CT molecular complexity index is 1300. The molecule has 0 radical (unpaired) electrons. The van der Waals surface area contributed by atoms with Crippen molar-refractivity contribution in [1.29, 1.82) is 0 Å². The van der Waals surface area contributed by atoms with Gasteiger partial charge in [-0.3, -0.25) is 14.0 Å². The van der Waals surface area contributed by atoms with Crippen LogP contribution in [0.1, 0.15) is 36.1 Å². The van der Waals surface area contributed by atoms with E-state index >= 15 is 0 Å². The van der Waals surface area contributed by atoms with E-state index in [2.05, 4.69) is 10.3 Å². The number of fused-ring (bicyclic) bond motifs is 1. The average molecular weight is 428 g/mol. The van der Waals surface area contributed by atoms with Gasteiger partial charge >= 0.3 is 0 Å². The summed E-state index contributed by atoms with van der Waals surface area (Å²) in [6.07, 6.45) is 2.40. The maximum absolute atomic E-state index is 13.0. The number of rotatable bonds is 7. The molecule has 2 heterocycles. The standard InChI is InChI=1S/C26H25N3O3/c1-3-21(19-9-5-4-6-10-19)26(31)28-22-11-7-8-12-23(22)32-17-20-16-25(30)29-14-13-18(2)15-24(29)27-20/h4-16,21H,3,17H2,1-2H3,(H,28,31)/t21-/m1/s1. The summed E-state index contributed by atoms with van der Waals surface area (Å²) in [6, 6.07) is 22.2. The fourth-order valence-electron chi connectivity index (χ4n) is 3.65. The summed E-state index contributed by atoms with van der Waals surface area (Å²) in [7, 11) is 0. The third kappa shape index (κ3) is 4.70. The highest BCUT2D eigenvalue weighted by Crippen LogP contribution is 2.27. The molecular formula is C26H25N3O3. The summed E-state index contributed by atoms with van der Waals surface area (Å²) < 4.78 is 7.45. The number of nitrogens with zero attached hydrogens (tertiary/aromatic N) is 2. The molecule has 4 rings (SSSR count). The number of ether oxygens (including phenoxy) is 1. The lowest BCUT2D eigenvalue weighted by Gasteiger charge is -2.17. The predicted molar refractivity (Wildman–Crippen MR) is 125 cm³/mol. The molecular weight excluding hydrogens is 402 g/mol. The first-order chi connectivity index (χ1) is 15.5. The highest BCUT2D eigenvalue weighted by atomic mass is 16.5. The van der Waals surface area contributed by atoms with E-state index in [0.29, 0.717) is 29.2 Å². The molecule has 0 unspecified atom stereocenters. The number of hydrogen-bond acceptors (Lipinski definition) is 4. The van der Waals surface area contributed by atoms with Crippen LogP contribution in [0.3, 0.4) is 0 Å². The van der Waals surface area contributed by atoms with Crippen molar-refractivity contribution in [2.75, 3.05) is 5.32 Å². The van der Waals surface area contributed by atoms with Crippen molar-refractivity contribution in [3.63, 3.8) is 0 Å². The fourth-order valence-corrected chi connectivity index (χ4v) is 3.65. The van der Waals surface area contributed by atoms with E-state index in [0.717, 1.165) is 11.1 Å². The normalized spacial score (nSPS) is 11.8. The summed E-state index contributed by atoms with van der Waals surface area (Å²) in [5.41, 5.74) is 3.52. The van der Waals surface area contributed by atoms with E-state index < -0.39 is 0 Å². The van der Waals surface area contributed by atoms with Gasteiger partial charge in [0.15, 0.2) is 0 Å². The number of para-hydroxylation sites is 2. The quantitative estimate of drug-likeness (QED) is 0.463. The predicted octanol–water partition coefficient (Wildman–Crippen LogP) is 4.71. The summed E-state index contributed by atoms with van der Waals surface area (Å²) in [5.74, 6) is 0.178. The minimum Gasteiger partial charge on any atom is -0.485 e. The monoisotopic (exact) mass is 427 g/mol. The third-order valence-corrected chi connectivity index (χ3v) is 5.32. The molecule has 0 spiro atoms. The van der Waals surface area contributed by atoms with E-state index in [9.17, 15) is 9.59 Å². The lowest BCUT2D eigenvalue weighted by Crippen LogP contribution is -2.21. The number of benzene rings is 2. The van der Waals surface area contributed by atoms with Crippen molar-refractivity contribution in [2.24, 2.45) is 0 Å². The van der Waals surface area contributed by atoms with Gasteiger partial charge in [-0.05, 0) is 48.7 Å². The van der Waals surface area contributed by atoms with Gasteiger partial charge in [0, 0.05) is 12.3 Å². The minimum absolute atomic E-state index is 0.0905. The Morgan fingerprint density at radius 2 is 1.81 bits per heavy atom. The number of anilines is 1. The molecule has 6 heteroatoms. The van der Waals surface area contributed by atoms with Crippen molar-refractivity contribution in [3.8, 4) is 5.75 Å². The molecule has 0 bridgehead atoms. The van der Waals surface area contributed by atoms with Crippen LogP contribution >= 0.6 is 0 Å². The summed E-state index contributed by atoms with van der Waals surface area (Å²) in [4.78, 5) is 29.9. The molecule has 1 atom stereocenters. The van der Waals surface area contributed by atoms with Crippen molar-refractivity contribution in [3.05, 3.63) is 106 Å². The molecule has 0 aliphatic carbocycles. The lowest BCUT2D eigenvalue weighted by atomic mass is 9.95. The Morgan fingerprint density at radius 1 is 1.06 bits per heavy atom. The van der Waals surface area contributed by atoms with Gasteiger partial charge in [0.25, 0.3) is 5.56 Å². The topological polar surface area (TPSA) is 72.7 Å². The van der Waals surface area contributed by atoms with Crippen LogP contribution in [0.5, 0.6) is 5.75 Å². The maximum Gasteiger partial charge on any atom is 0.258 e. The van der Waals surface area contributed by atoms with Crippen LogP contribution in [0, 0.1) is 6.92 Å². The van der Waals surface area contributed by atoms with Crippen molar-refractivity contribution >= 4 is 17.2 Å². The van der Waals surface area contributed by atoms with Crippen molar-refractivity contribution in [2.45, 2.75) is 32.8 Å². The maximum atomic E-state index is 13.0. The van der Waals surface area contributed by atoms with E-state index in [4.69, 9.17) is 4.74 Å². The number of carbonyl (C=O) groups is 1. The summed E-state index contributed by atoms with van der Waals surface area (Å²) in [5, 5.41) is 2.99. The van der Waals surface area contributed by atoms with Gasteiger partial charge in [-0.25, -0.2) is 4.98 Å². The van der Waals surface area contributed by atoms with Gasteiger partial charge in [0.05, 0.1) is 17.3 Å². The van der Waals surface area contributed by atoms with Crippen LogP contribution in [0.25, 0.3) is 5.65 Å².